The lowest BCUT2D eigenvalue weighted by Crippen LogP contribution is -2.28. The van der Waals surface area contributed by atoms with Gasteiger partial charge in [-0.3, -0.25) is 4.79 Å². The standard InChI is InChI=1S/C18H18N4O3/c1-11-3-5-13(6-4-11)16-9-15(21-24-16)18(23)22-8-7-14(10-22)17-19-12(2)20-25-17/h3-6,9,14H,7-8,10H2,1-2H3. The van der Waals surface area contributed by atoms with E-state index in [1.165, 1.54) is 5.56 Å². The number of carbonyl (C=O) groups excluding carboxylic acids is 1. The van der Waals surface area contributed by atoms with Crippen LogP contribution >= 0.6 is 0 Å². The Balaban J connectivity index is 1.47. The molecule has 1 fully saturated rings. The number of hydrogen-bond donors (Lipinski definition) is 0. The number of benzene rings is 1. The van der Waals surface area contributed by atoms with Gasteiger partial charge in [0, 0.05) is 24.7 Å². The van der Waals surface area contributed by atoms with Crippen LogP contribution in [0.15, 0.2) is 39.4 Å². The third kappa shape index (κ3) is 3.05. The summed E-state index contributed by atoms with van der Waals surface area (Å²) in [5.41, 5.74) is 2.38. The van der Waals surface area contributed by atoms with E-state index in [9.17, 15) is 4.79 Å². The molecule has 1 aliphatic heterocycles. The number of hydrogen-bond acceptors (Lipinski definition) is 6. The molecule has 3 aromatic rings. The first-order chi connectivity index (χ1) is 12.1. The van der Waals surface area contributed by atoms with Crippen molar-refractivity contribution in [2.24, 2.45) is 0 Å². The Morgan fingerprint density at radius 2 is 1.96 bits per heavy atom. The van der Waals surface area contributed by atoms with E-state index in [0.29, 0.717) is 36.3 Å². The van der Waals surface area contributed by atoms with Crippen molar-refractivity contribution in [3.63, 3.8) is 0 Å². The quantitative estimate of drug-likeness (QED) is 0.730. The number of nitrogens with zero attached hydrogens (tertiary/aromatic N) is 4. The van der Waals surface area contributed by atoms with E-state index < -0.39 is 0 Å². The zero-order valence-corrected chi connectivity index (χ0v) is 14.1. The number of carbonyl (C=O) groups is 1. The minimum absolute atomic E-state index is 0.0774. The highest BCUT2D eigenvalue weighted by Crippen LogP contribution is 2.28. The molecule has 1 unspecified atom stereocenters. The first-order valence-corrected chi connectivity index (χ1v) is 8.23. The normalized spacial score (nSPS) is 17.2. The highest BCUT2D eigenvalue weighted by atomic mass is 16.5. The highest BCUT2D eigenvalue weighted by Gasteiger charge is 2.32. The van der Waals surface area contributed by atoms with E-state index in [1.54, 1.807) is 17.9 Å². The first-order valence-electron chi connectivity index (χ1n) is 8.23. The second-order valence-corrected chi connectivity index (χ2v) is 6.36. The lowest BCUT2D eigenvalue weighted by molar-refractivity contribution is 0.0779. The summed E-state index contributed by atoms with van der Waals surface area (Å²) < 4.78 is 10.6. The summed E-state index contributed by atoms with van der Waals surface area (Å²) in [5.74, 6) is 1.73. The van der Waals surface area contributed by atoms with Gasteiger partial charge in [0.05, 0.1) is 5.92 Å². The minimum atomic E-state index is -0.138. The van der Waals surface area contributed by atoms with E-state index in [-0.39, 0.29) is 11.8 Å². The summed E-state index contributed by atoms with van der Waals surface area (Å²) in [7, 11) is 0. The summed E-state index contributed by atoms with van der Waals surface area (Å²) in [6, 6.07) is 9.59. The van der Waals surface area contributed by atoms with Crippen LogP contribution in [0.4, 0.5) is 0 Å². The van der Waals surface area contributed by atoms with E-state index >= 15 is 0 Å². The number of aryl methyl sites for hydroxylation is 2. The van der Waals surface area contributed by atoms with Crippen LogP contribution in [0.5, 0.6) is 0 Å². The van der Waals surface area contributed by atoms with Crippen LogP contribution < -0.4 is 0 Å². The third-order valence-corrected chi connectivity index (χ3v) is 4.43. The van der Waals surface area contributed by atoms with Crippen molar-refractivity contribution in [2.45, 2.75) is 26.2 Å². The van der Waals surface area contributed by atoms with E-state index in [0.717, 1.165) is 12.0 Å². The first kappa shape index (κ1) is 15.6. The van der Waals surface area contributed by atoms with Crippen molar-refractivity contribution >= 4 is 5.91 Å². The second-order valence-electron chi connectivity index (χ2n) is 6.36. The molecule has 1 aliphatic rings. The molecule has 2 aromatic heterocycles. The molecule has 1 atom stereocenters. The molecule has 1 aromatic carbocycles. The van der Waals surface area contributed by atoms with Gasteiger partial charge in [0.15, 0.2) is 17.3 Å². The molecule has 7 nitrogen and oxygen atoms in total. The van der Waals surface area contributed by atoms with Crippen LogP contribution in [-0.2, 0) is 0 Å². The van der Waals surface area contributed by atoms with Gasteiger partial charge in [0.25, 0.3) is 5.91 Å². The van der Waals surface area contributed by atoms with Crippen LogP contribution in [-0.4, -0.2) is 39.2 Å². The Morgan fingerprint density at radius 1 is 1.16 bits per heavy atom. The van der Waals surface area contributed by atoms with E-state index in [2.05, 4.69) is 15.3 Å². The Morgan fingerprint density at radius 3 is 2.68 bits per heavy atom. The Bertz CT molecular complexity index is 897. The number of aromatic nitrogens is 3. The van der Waals surface area contributed by atoms with Crippen molar-refractivity contribution in [1.82, 2.24) is 20.2 Å². The van der Waals surface area contributed by atoms with Crippen molar-refractivity contribution in [2.75, 3.05) is 13.1 Å². The summed E-state index contributed by atoms with van der Waals surface area (Å²) in [6.45, 7) is 4.99. The smallest absolute Gasteiger partial charge is 0.276 e. The second kappa shape index (κ2) is 6.16. The monoisotopic (exact) mass is 338 g/mol. The van der Waals surface area contributed by atoms with Crippen LogP contribution in [0.3, 0.4) is 0 Å². The molecule has 0 saturated carbocycles. The molecule has 3 heterocycles. The highest BCUT2D eigenvalue weighted by molar-refractivity contribution is 5.93. The van der Waals surface area contributed by atoms with Gasteiger partial charge >= 0.3 is 0 Å². The van der Waals surface area contributed by atoms with Gasteiger partial charge in [-0.05, 0) is 20.3 Å². The summed E-state index contributed by atoms with van der Waals surface area (Å²) in [4.78, 5) is 18.7. The molecule has 0 bridgehead atoms. The zero-order valence-electron chi connectivity index (χ0n) is 14.1. The van der Waals surface area contributed by atoms with Gasteiger partial charge in [-0.2, -0.15) is 4.98 Å². The Labute approximate surface area is 144 Å². The van der Waals surface area contributed by atoms with Gasteiger partial charge < -0.3 is 13.9 Å². The molecule has 0 aliphatic carbocycles. The van der Waals surface area contributed by atoms with Crippen LogP contribution in [0.2, 0.25) is 0 Å². The third-order valence-electron chi connectivity index (χ3n) is 4.43. The summed E-state index contributed by atoms with van der Waals surface area (Å²) in [6.07, 6.45) is 0.802. The van der Waals surface area contributed by atoms with Crippen molar-refractivity contribution in [3.8, 4) is 11.3 Å². The summed E-state index contributed by atoms with van der Waals surface area (Å²) in [5, 5.41) is 7.76. The number of likely N-dealkylation sites (tertiary alicyclic amines) is 1. The van der Waals surface area contributed by atoms with E-state index in [4.69, 9.17) is 9.05 Å². The molecule has 1 saturated heterocycles. The largest absolute Gasteiger partial charge is 0.355 e. The lowest BCUT2D eigenvalue weighted by Gasteiger charge is -2.13. The molecule has 4 rings (SSSR count). The molecule has 7 heteroatoms. The van der Waals surface area contributed by atoms with Gasteiger partial charge in [0.1, 0.15) is 0 Å². The average Bonchev–Trinajstić information content (AvgIpc) is 3.35. The maximum Gasteiger partial charge on any atom is 0.276 e. The van der Waals surface area contributed by atoms with Crippen molar-refractivity contribution < 1.29 is 13.8 Å². The molecular formula is C18H18N4O3. The molecule has 1 amide bonds. The SMILES string of the molecule is Cc1ccc(-c2cc(C(=O)N3CCC(c4nc(C)no4)C3)no2)cc1. The van der Waals surface area contributed by atoms with Crippen LogP contribution in [0, 0.1) is 13.8 Å². The fourth-order valence-corrected chi connectivity index (χ4v) is 3.02. The fraction of sp³-hybridized carbons (Fsp3) is 0.333. The molecular weight excluding hydrogens is 320 g/mol. The van der Waals surface area contributed by atoms with Gasteiger partial charge in [-0.25, -0.2) is 0 Å². The number of amides is 1. The molecule has 0 spiro atoms. The predicted molar refractivity (Wildman–Crippen MR) is 89.0 cm³/mol. The lowest BCUT2D eigenvalue weighted by atomic mass is 10.1. The van der Waals surface area contributed by atoms with Crippen LogP contribution in [0.25, 0.3) is 11.3 Å². The summed E-state index contributed by atoms with van der Waals surface area (Å²) >= 11 is 0. The maximum absolute atomic E-state index is 12.7. The minimum Gasteiger partial charge on any atom is -0.355 e. The number of rotatable bonds is 3. The average molecular weight is 338 g/mol. The fourth-order valence-electron chi connectivity index (χ4n) is 3.02. The van der Waals surface area contributed by atoms with E-state index in [1.807, 2.05) is 31.2 Å². The molecule has 0 radical (unpaired) electrons. The topological polar surface area (TPSA) is 85.3 Å². The predicted octanol–water partition coefficient (Wildman–Crippen LogP) is 2.97. The van der Waals surface area contributed by atoms with Crippen molar-refractivity contribution in [3.05, 3.63) is 53.3 Å². The molecule has 0 N–H and O–H groups in total. The van der Waals surface area contributed by atoms with Gasteiger partial charge in [-0.1, -0.05) is 40.1 Å². The Hall–Kier alpha value is -2.96. The van der Waals surface area contributed by atoms with Gasteiger partial charge in [0.2, 0.25) is 5.89 Å². The van der Waals surface area contributed by atoms with Crippen LogP contribution in [0.1, 0.15) is 40.1 Å². The van der Waals surface area contributed by atoms with Crippen molar-refractivity contribution in [1.29, 1.82) is 0 Å². The maximum atomic E-state index is 12.7. The zero-order chi connectivity index (χ0) is 17.4. The Kier molecular flexibility index (Phi) is 3.83. The molecule has 128 valence electrons. The molecule has 25 heavy (non-hydrogen) atoms. The van der Waals surface area contributed by atoms with Gasteiger partial charge in [-0.15, -0.1) is 0 Å².